The number of benzene rings is 2. The molecule has 3 rings (SSSR count). The van der Waals surface area contributed by atoms with Gasteiger partial charge in [-0.15, -0.1) is 0 Å². The molecule has 1 atom stereocenters. The van der Waals surface area contributed by atoms with Crippen molar-refractivity contribution in [2.24, 2.45) is 11.8 Å². The summed E-state index contributed by atoms with van der Waals surface area (Å²) >= 11 is 0. The van der Waals surface area contributed by atoms with E-state index < -0.39 is 0 Å². The Kier molecular flexibility index (Phi) is 5.76. The summed E-state index contributed by atoms with van der Waals surface area (Å²) in [5, 5.41) is 0. The van der Waals surface area contributed by atoms with E-state index in [1.807, 2.05) is 0 Å². The molecule has 0 radical (unpaired) electrons. The molecule has 0 amide bonds. The molecule has 0 nitrogen and oxygen atoms in total. The van der Waals surface area contributed by atoms with Gasteiger partial charge in [-0.2, -0.15) is 0 Å². The lowest BCUT2D eigenvalue weighted by molar-refractivity contribution is 0.267. The Balaban J connectivity index is 1.56. The van der Waals surface area contributed by atoms with E-state index in [-0.39, 0.29) is 0 Å². The third kappa shape index (κ3) is 4.72. The molecule has 0 N–H and O–H groups in total. The number of hydrogen-bond donors (Lipinski definition) is 0. The predicted octanol–water partition coefficient (Wildman–Crippen LogP) is 6.91. The van der Waals surface area contributed by atoms with E-state index in [0.29, 0.717) is 5.92 Å². The molecule has 1 fully saturated rings. The first-order valence-corrected chi connectivity index (χ1v) is 9.74. The molecule has 0 heteroatoms. The van der Waals surface area contributed by atoms with Gasteiger partial charge in [0.25, 0.3) is 0 Å². The Morgan fingerprint density at radius 3 is 1.96 bits per heavy atom. The molecule has 1 saturated carbocycles. The third-order valence-corrected chi connectivity index (χ3v) is 5.90. The van der Waals surface area contributed by atoms with Gasteiger partial charge in [0.05, 0.1) is 0 Å². The van der Waals surface area contributed by atoms with Crippen molar-refractivity contribution >= 4 is 0 Å². The molecule has 1 unspecified atom stereocenters. The molecule has 2 aromatic rings. The minimum absolute atomic E-state index is 0.692. The summed E-state index contributed by atoms with van der Waals surface area (Å²) < 4.78 is 0. The molecular formula is C24H32. The fourth-order valence-corrected chi connectivity index (χ4v) is 4.11. The largest absolute Gasteiger partial charge is 0.0625 e. The number of rotatable bonds is 5. The second-order valence-electron chi connectivity index (χ2n) is 8.17. The zero-order valence-electron chi connectivity index (χ0n) is 15.6. The molecule has 0 heterocycles. The van der Waals surface area contributed by atoms with Gasteiger partial charge in [0.15, 0.2) is 0 Å². The van der Waals surface area contributed by atoms with Crippen LogP contribution in [0.25, 0.3) is 0 Å². The van der Waals surface area contributed by atoms with E-state index in [2.05, 4.69) is 69.3 Å². The topological polar surface area (TPSA) is 0 Å². The summed E-state index contributed by atoms with van der Waals surface area (Å²) in [7, 11) is 0. The minimum Gasteiger partial charge on any atom is -0.0625 e. The van der Waals surface area contributed by atoms with E-state index in [4.69, 9.17) is 0 Å². The third-order valence-electron chi connectivity index (χ3n) is 5.90. The number of hydrogen-bond acceptors (Lipinski definition) is 0. The molecule has 128 valence electrons. The SMILES string of the molecule is Cc1ccc(Cc2ccc(C(C)CC3CCC(C)CC3)cc2)cc1. The van der Waals surface area contributed by atoms with Gasteiger partial charge < -0.3 is 0 Å². The van der Waals surface area contributed by atoms with Crippen molar-refractivity contribution in [3.8, 4) is 0 Å². The van der Waals surface area contributed by atoms with Gasteiger partial charge >= 0.3 is 0 Å². The van der Waals surface area contributed by atoms with Crippen LogP contribution >= 0.6 is 0 Å². The standard InChI is InChI=1S/C24H32/c1-18-4-8-21(9-5-18)16-20(3)24-14-12-23(13-15-24)17-22-10-6-19(2)7-11-22/h6-7,10-15,18,20-21H,4-5,8-9,16-17H2,1-3H3. The molecule has 1 aliphatic carbocycles. The van der Waals surface area contributed by atoms with Crippen LogP contribution < -0.4 is 0 Å². The summed E-state index contributed by atoms with van der Waals surface area (Å²) in [6.07, 6.45) is 8.16. The van der Waals surface area contributed by atoms with Crippen molar-refractivity contribution in [2.75, 3.05) is 0 Å². The van der Waals surface area contributed by atoms with Gasteiger partial charge in [0.2, 0.25) is 0 Å². The molecule has 0 spiro atoms. The summed E-state index contributed by atoms with van der Waals surface area (Å²) in [5.41, 5.74) is 5.67. The molecule has 0 saturated heterocycles. The van der Waals surface area contributed by atoms with E-state index >= 15 is 0 Å². The fourth-order valence-electron chi connectivity index (χ4n) is 4.11. The van der Waals surface area contributed by atoms with Crippen molar-refractivity contribution < 1.29 is 0 Å². The Morgan fingerprint density at radius 1 is 0.833 bits per heavy atom. The Labute approximate surface area is 148 Å². The lowest BCUT2D eigenvalue weighted by atomic mass is 9.78. The minimum atomic E-state index is 0.692. The summed E-state index contributed by atoms with van der Waals surface area (Å²) in [6.45, 7) is 6.96. The average molecular weight is 321 g/mol. The van der Waals surface area contributed by atoms with Crippen molar-refractivity contribution in [1.29, 1.82) is 0 Å². The van der Waals surface area contributed by atoms with Crippen LogP contribution in [0.15, 0.2) is 48.5 Å². The van der Waals surface area contributed by atoms with Gasteiger partial charge in [-0.05, 0) is 54.2 Å². The summed E-state index contributed by atoms with van der Waals surface area (Å²) in [5.74, 6) is 2.60. The fraction of sp³-hybridized carbons (Fsp3) is 0.500. The smallest absolute Gasteiger partial charge is 0.00258 e. The lowest BCUT2D eigenvalue weighted by Crippen LogP contribution is -2.14. The molecule has 24 heavy (non-hydrogen) atoms. The molecular weight excluding hydrogens is 288 g/mol. The van der Waals surface area contributed by atoms with Crippen LogP contribution in [0.2, 0.25) is 0 Å². The first-order chi connectivity index (χ1) is 11.6. The lowest BCUT2D eigenvalue weighted by Gasteiger charge is -2.28. The van der Waals surface area contributed by atoms with Crippen molar-refractivity contribution in [3.63, 3.8) is 0 Å². The van der Waals surface area contributed by atoms with Crippen LogP contribution in [0.1, 0.15) is 74.1 Å². The normalized spacial score (nSPS) is 22.3. The van der Waals surface area contributed by atoms with E-state index in [9.17, 15) is 0 Å². The first kappa shape index (κ1) is 17.3. The van der Waals surface area contributed by atoms with Crippen LogP contribution in [0.5, 0.6) is 0 Å². The van der Waals surface area contributed by atoms with Crippen LogP contribution in [-0.4, -0.2) is 0 Å². The second-order valence-corrected chi connectivity index (χ2v) is 8.17. The number of aryl methyl sites for hydroxylation is 1. The molecule has 2 aromatic carbocycles. The van der Waals surface area contributed by atoms with Gasteiger partial charge in [-0.25, -0.2) is 0 Å². The Morgan fingerprint density at radius 2 is 1.38 bits per heavy atom. The monoisotopic (exact) mass is 320 g/mol. The zero-order chi connectivity index (χ0) is 16.9. The average Bonchev–Trinajstić information content (AvgIpc) is 2.59. The van der Waals surface area contributed by atoms with Gasteiger partial charge in [-0.3, -0.25) is 0 Å². The Hall–Kier alpha value is -1.56. The molecule has 0 aromatic heterocycles. The summed E-state index contributed by atoms with van der Waals surface area (Å²) in [4.78, 5) is 0. The van der Waals surface area contributed by atoms with Gasteiger partial charge in [0, 0.05) is 0 Å². The highest BCUT2D eigenvalue weighted by molar-refractivity contribution is 5.31. The highest BCUT2D eigenvalue weighted by Crippen LogP contribution is 2.35. The molecule has 0 bridgehead atoms. The van der Waals surface area contributed by atoms with Crippen molar-refractivity contribution in [1.82, 2.24) is 0 Å². The zero-order valence-corrected chi connectivity index (χ0v) is 15.6. The predicted molar refractivity (Wildman–Crippen MR) is 105 cm³/mol. The maximum atomic E-state index is 2.41. The van der Waals surface area contributed by atoms with Crippen LogP contribution in [-0.2, 0) is 6.42 Å². The Bertz CT molecular complexity index is 612. The maximum Gasteiger partial charge on any atom is -0.00258 e. The molecule has 0 aliphatic heterocycles. The maximum absolute atomic E-state index is 2.41. The van der Waals surface area contributed by atoms with E-state index in [0.717, 1.165) is 18.3 Å². The van der Waals surface area contributed by atoms with Gasteiger partial charge in [-0.1, -0.05) is 93.6 Å². The van der Waals surface area contributed by atoms with E-state index in [1.165, 1.54) is 54.4 Å². The highest BCUT2D eigenvalue weighted by atomic mass is 14.3. The van der Waals surface area contributed by atoms with Crippen LogP contribution in [0, 0.1) is 18.8 Å². The highest BCUT2D eigenvalue weighted by Gasteiger charge is 2.20. The van der Waals surface area contributed by atoms with Crippen molar-refractivity contribution in [3.05, 3.63) is 70.8 Å². The molecule has 1 aliphatic rings. The van der Waals surface area contributed by atoms with Crippen molar-refractivity contribution in [2.45, 2.75) is 65.2 Å². The second kappa shape index (κ2) is 8.01. The van der Waals surface area contributed by atoms with E-state index in [1.54, 1.807) is 0 Å². The first-order valence-electron chi connectivity index (χ1n) is 9.74. The van der Waals surface area contributed by atoms with Crippen LogP contribution in [0.3, 0.4) is 0 Å². The van der Waals surface area contributed by atoms with Crippen LogP contribution in [0.4, 0.5) is 0 Å². The summed E-state index contributed by atoms with van der Waals surface area (Å²) in [6, 6.07) is 18.3. The van der Waals surface area contributed by atoms with Gasteiger partial charge in [0.1, 0.15) is 0 Å². The quantitative estimate of drug-likeness (QED) is 0.561.